The van der Waals surface area contributed by atoms with Gasteiger partial charge in [0.1, 0.15) is 0 Å². The fourth-order valence-electron chi connectivity index (χ4n) is 4.05. The molecule has 0 bridgehead atoms. The smallest absolute Gasteiger partial charge is 0.237 e. The van der Waals surface area contributed by atoms with Gasteiger partial charge in [-0.15, -0.1) is 0 Å². The van der Waals surface area contributed by atoms with Crippen molar-refractivity contribution in [2.24, 2.45) is 0 Å². The van der Waals surface area contributed by atoms with Crippen LogP contribution in [0.25, 0.3) is 0 Å². The van der Waals surface area contributed by atoms with Gasteiger partial charge in [-0.05, 0) is 44.5 Å². The van der Waals surface area contributed by atoms with E-state index in [4.69, 9.17) is 4.74 Å². The third kappa shape index (κ3) is 4.60. The maximum absolute atomic E-state index is 12.9. The average molecular weight is 345 g/mol. The van der Waals surface area contributed by atoms with E-state index in [0.717, 1.165) is 38.9 Å². The van der Waals surface area contributed by atoms with Crippen molar-refractivity contribution >= 4 is 5.91 Å². The quantitative estimate of drug-likeness (QED) is 0.815. The molecule has 138 valence electrons. The predicted molar refractivity (Wildman–Crippen MR) is 99.6 cm³/mol. The number of nitrogens with zero attached hydrogens (tertiary/aromatic N) is 3. The molecule has 2 aliphatic rings. The molecule has 1 amide bonds. The summed E-state index contributed by atoms with van der Waals surface area (Å²) in [6.45, 7) is 3.77. The minimum atomic E-state index is 0.192. The van der Waals surface area contributed by atoms with Gasteiger partial charge in [-0.3, -0.25) is 9.69 Å². The Kier molecular flexibility index (Phi) is 6.10. The highest BCUT2D eigenvalue weighted by Crippen LogP contribution is 2.33. The van der Waals surface area contributed by atoms with Gasteiger partial charge in [0.25, 0.3) is 0 Å². The van der Waals surface area contributed by atoms with Crippen LogP contribution in [-0.2, 0) is 16.0 Å². The number of aryl methyl sites for hydroxylation is 1. The van der Waals surface area contributed by atoms with Crippen molar-refractivity contribution in [1.82, 2.24) is 14.7 Å². The Balaban J connectivity index is 1.60. The summed E-state index contributed by atoms with van der Waals surface area (Å²) in [5.41, 5.74) is 2.73. The van der Waals surface area contributed by atoms with Gasteiger partial charge in [-0.1, -0.05) is 24.3 Å². The van der Waals surface area contributed by atoms with Crippen molar-refractivity contribution in [3.8, 4) is 0 Å². The Morgan fingerprint density at radius 1 is 1.28 bits per heavy atom. The summed E-state index contributed by atoms with van der Waals surface area (Å²) in [6.07, 6.45) is 3.54. The average Bonchev–Trinajstić information content (AvgIpc) is 2.60. The minimum Gasteiger partial charge on any atom is -0.374 e. The fourth-order valence-corrected chi connectivity index (χ4v) is 4.05. The molecule has 5 nitrogen and oxygen atoms in total. The Morgan fingerprint density at radius 3 is 2.88 bits per heavy atom. The normalized spacial score (nSPS) is 24.2. The summed E-state index contributed by atoms with van der Waals surface area (Å²) in [5, 5.41) is 0. The van der Waals surface area contributed by atoms with Gasteiger partial charge in [-0.2, -0.15) is 0 Å². The molecule has 1 saturated heterocycles. The second kappa shape index (κ2) is 8.30. The summed E-state index contributed by atoms with van der Waals surface area (Å²) in [4.78, 5) is 19.2. The van der Waals surface area contributed by atoms with Crippen LogP contribution in [0.1, 0.15) is 30.0 Å². The Bertz CT molecular complexity index is 590. The number of likely N-dealkylation sites (N-methyl/N-ethyl adjacent to an activating group) is 2. The number of carbonyl (C=O) groups is 1. The van der Waals surface area contributed by atoms with Crippen molar-refractivity contribution in [1.29, 1.82) is 0 Å². The van der Waals surface area contributed by atoms with E-state index in [9.17, 15) is 4.79 Å². The topological polar surface area (TPSA) is 36.0 Å². The van der Waals surface area contributed by atoms with Crippen LogP contribution in [0, 0.1) is 0 Å². The molecule has 0 radical (unpaired) electrons. The first-order valence-electron chi connectivity index (χ1n) is 9.36. The Morgan fingerprint density at radius 2 is 2.08 bits per heavy atom. The standard InChI is InChI=1S/C20H31N3O2/c1-21(2)13-17-14-23(11-12-25-17)15-20(24)22(3)19-10-6-8-16-7-4-5-9-18(16)19/h4-5,7,9,17,19H,6,8,10-15H2,1-3H3. The first-order valence-corrected chi connectivity index (χ1v) is 9.36. The highest BCUT2D eigenvalue weighted by Gasteiger charge is 2.29. The van der Waals surface area contributed by atoms with Gasteiger partial charge in [0.05, 0.1) is 25.3 Å². The second-order valence-corrected chi connectivity index (χ2v) is 7.60. The SMILES string of the molecule is CN(C)CC1CN(CC(=O)N(C)C2CCCc3ccccc32)CCO1. The monoisotopic (exact) mass is 345 g/mol. The largest absolute Gasteiger partial charge is 0.374 e. The van der Waals surface area contributed by atoms with Gasteiger partial charge in [-0.25, -0.2) is 0 Å². The highest BCUT2D eigenvalue weighted by molar-refractivity contribution is 5.78. The number of amides is 1. The van der Waals surface area contributed by atoms with Gasteiger partial charge in [0.2, 0.25) is 5.91 Å². The van der Waals surface area contributed by atoms with Crippen molar-refractivity contribution in [3.05, 3.63) is 35.4 Å². The van der Waals surface area contributed by atoms with Crippen LogP contribution in [0.15, 0.2) is 24.3 Å². The number of benzene rings is 1. The molecule has 1 aliphatic carbocycles. The lowest BCUT2D eigenvalue weighted by molar-refractivity contribution is -0.135. The highest BCUT2D eigenvalue weighted by atomic mass is 16.5. The third-order valence-electron chi connectivity index (χ3n) is 5.35. The fraction of sp³-hybridized carbons (Fsp3) is 0.650. The van der Waals surface area contributed by atoms with E-state index >= 15 is 0 Å². The number of morpholine rings is 1. The lowest BCUT2D eigenvalue weighted by Crippen LogP contribution is -2.50. The van der Waals surface area contributed by atoms with Gasteiger partial charge in [0.15, 0.2) is 0 Å². The maximum Gasteiger partial charge on any atom is 0.237 e. The number of hydrogen-bond acceptors (Lipinski definition) is 4. The van der Waals surface area contributed by atoms with Crippen molar-refractivity contribution in [3.63, 3.8) is 0 Å². The van der Waals surface area contributed by atoms with Crippen LogP contribution in [0.2, 0.25) is 0 Å². The molecule has 5 heteroatoms. The predicted octanol–water partition coefficient (Wildman–Crippen LogP) is 1.78. The van der Waals surface area contributed by atoms with E-state index in [1.165, 1.54) is 11.1 Å². The van der Waals surface area contributed by atoms with Crippen LogP contribution in [0.5, 0.6) is 0 Å². The summed E-state index contributed by atoms with van der Waals surface area (Å²) in [6, 6.07) is 8.79. The molecule has 0 saturated carbocycles. The van der Waals surface area contributed by atoms with Gasteiger partial charge >= 0.3 is 0 Å². The number of carbonyl (C=O) groups excluding carboxylic acids is 1. The molecule has 2 atom stereocenters. The van der Waals surface area contributed by atoms with Gasteiger partial charge in [0, 0.05) is 26.7 Å². The maximum atomic E-state index is 12.9. The van der Waals surface area contributed by atoms with Crippen LogP contribution in [0.4, 0.5) is 0 Å². The van der Waals surface area contributed by atoms with Crippen LogP contribution < -0.4 is 0 Å². The van der Waals surface area contributed by atoms with Crippen LogP contribution >= 0.6 is 0 Å². The summed E-state index contributed by atoms with van der Waals surface area (Å²) in [5.74, 6) is 0.215. The van der Waals surface area contributed by atoms with E-state index in [2.05, 4.69) is 48.2 Å². The molecular formula is C20H31N3O2. The van der Waals surface area contributed by atoms with E-state index < -0.39 is 0 Å². The number of ether oxygens (including phenoxy) is 1. The minimum absolute atomic E-state index is 0.192. The van der Waals surface area contributed by atoms with E-state index in [1.807, 2.05) is 11.9 Å². The molecule has 0 spiro atoms. The summed E-state index contributed by atoms with van der Waals surface area (Å²) in [7, 11) is 6.08. The molecule has 1 aromatic carbocycles. The zero-order chi connectivity index (χ0) is 17.8. The number of rotatable bonds is 5. The van der Waals surface area contributed by atoms with Gasteiger partial charge < -0.3 is 14.5 Å². The number of fused-ring (bicyclic) bond motifs is 1. The van der Waals surface area contributed by atoms with Crippen molar-refractivity contribution < 1.29 is 9.53 Å². The van der Waals surface area contributed by atoms with E-state index in [1.54, 1.807) is 0 Å². The molecule has 3 rings (SSSR count). The molecule has 1 fully saturated rings. The van der Waals surface area contributed by atoms with Crippen LogP contribution in [-0.4, -0.2) is 80.6 Å². The number of hydrogen-bond donors (Lipinski definition) is 0. The molecular weight excluding hydrogens is 314 g/mol. The Hall–Kier alpha value is -1.43. The van der Waals surface area contributed by atoms with Crippen LogP contribution in [0.3, 0.4) is 0 Å². The summed E-state index contributed by atoms with van der Waals surface area (Å²) >= 11 is 0. The molecule has 25 heavy (non-hydrogen) atoms. The second-order valence-electron chi connectivity index (χ2n) is 7.60. The lowest BCUT2D eigenvalue weighted by atomic mass is 9.87. The molecule has 0 aromatic heterocycles. The molecule has 1 heterocycles. The molecule has 1 aliphatic heterocycles. The zero-order valence-electron chi connectivity index (χ0n) is 15.8. The molecule has 0 N–H and O–H groups in total. The van der Waals surface area contributed by atoms with Crippen molar-refractivity contribution in [2.75, 3.05) is 53.9 Å². The Labute approximate surface area is 151 Å². The zero-order valence-corrected chi connectivity index (χ0v) is 15.8. The molecule has 1 aromatic rings. The molecule has 2 unspecified atom stereocenters. The first-order chi connectivity index (χ1) is 12.0. The van der Waals surface area contributed by atoms with Crippen molar-refractivity contribution in [2.45, 2.75) is 31.4 Å². The lowest BCUT2D eigenvalue weighted by Gasteiger charge is -2.37. The summed E-state index contributed by atoms with van der Waals surface area (Å²) < 4.78 is 5.82. The third-order valence-corrected chi connectivity index (χ3v) is 5.35. The first kappa shape index (κ1) is 18.4. The van der Waals surface area contributed by atoms with E-state index in [-0.39, 0.29) is 18.1 Å². The van der Waals surface area contributed by atoms with E-state index in [0.29, 0.717) is 13.2 Å².